The standard InChI is InChI=1S/C16H17F2N3O2/c17-12-1-2-14(18)15(8-12)20-3-5-21(6-4-20)16(22)11-7-13(9-19)23-10-11/h1-2,7-8,10H,3-6,9,19H2. The van der Waals surface area contributed by atoms with Crippen LogP contribution in [-0.4, -0.2) is 37.0 Å². The molecule has 0 bridgehead atoms. The van der Waals surface area contributed by atoms with Crippen molar-refractivity contribution in [3.63, 3.8) is 0 Å². The Balaban J connectivity index is 1.66. The lowest BCUT2D eigenvalue weighted by Gasteiger charge is -2.36. The molecular formula is C16H17F2N3O2. The molecule has 2 heterocycles. The first-order chi connectivity index (χ1) is 11.1. The molecule has 5 nitrogen and oxygen atoms in total. The lowest BCUT2D eigenvalue weighted by molar-refractivity contribution is 0.0746. The van der Waals surface area contributed by atoms with Crippen molar-refractivity contribution in [2.45, 2.75) is 6.54 Å². The van der Waals surface area contributed by atoms with Crippen LogP contribution in [-0.2, 0) is 6.54 Å². The largest absolute Gasteiger partial charge is 0.467 e. The van der Waals surface area contributed by atoms with Crippen molar-refractivity contribution in [3.05, 3.63) is 53.5 Å². The van der Waals surface area contributed by atoms with Gasteiger partial charge in [0.2, 0.25) is 0 Å². The Morgan fingerprint density at radius 1 is 1.17 bits per heavy atom. The number of hydrogen-bond donors (Lipinski definition) is 1. The fraction of sp³-hybridized carbons (Fsp3) is 0.312. The summed E-state index contributed by atoms with van der Waals surface area (Å²) in [6.45, 7) is 1.97. The second-order valence-corrected chi connectivity index (χ2v) is 5.38. The lowest BCUT2D eigenvalue weighted by atomic mass is 10.2. The molecule has 0 atom stereocenters. The topological polar surface area (TPSA) is 62.7 Å². The highest BCUT2D eigenvalue weighted by Gasteiger charge is 2.24. The molecule has 0 aliphatic carbocycles. The molecule has 1 aromatic carbocycles. The third-order valence-corrected chi connectivity index (χ3v) is 3.92. The maximum Gasteiger partial charge on any atom is 0.257 e. The number of furan rings is 1. The average Bonchev–Trinajstić information content (AvgIpc) is 3.06. The number of nitrogens with zero attached hydrogens (tertiary/aromatic N) is 2. The van der Waals surface area contributed by atoms with Gasteiger partial charge in [-0.2, -0.15) is 0 Å². The van der Waals surface area contributed by atoms with Crippen LogP contribution in [0.5, 0.6) is 0 Å². The van der Waals surface area contributed by atoms with E-state index in [9.17, 15) is 13.6 Å². The number of nitrogens with two attached hydrogens (primary N) is 1. The number of piperazine rings is 1. The number of anilines is 1. The molecule has 23 heavy (non-hydrogen) atoms. The molecule has 7 heteroatoms. The van der Waals surface area contributed by atoms with Crippen LogP contribution in [0.1, 0.15) is 16.1 Å². The van der Waals surface area contributed by atoms with Crippen molar-refractivity contribution < 1.29 is 18.0 Å². The average molecular weight is 321 g/mol. The molecule has 1 saturated heterocycles. The highest BCUT2D eigenvalue weighted by atomic mass is 19.1. The molecule has 0 unspecified atom stereocenters. The molecule has 2 N–H and O–H groups in total. The van der Waals surface area contributed by atoms with Gasteiger partial charge in [-0.15, -0.1) is 0 Å². The van der Waals surface area contributed by atoms with Gasteiger partial charge in [-0.05, 0) is 18.2 Å². The number of benzene rings is 1. The molecule has 0 radical (unpaired) electrons. The van der Waals surface area contributed by atoms with Gasteiger partial charge in [-0.1, -0.05) is 0 Å². The smallest absolute Gasteiger partial charge is 0.257 e. The van der Waals surface area contributed by atoms with E-state index in [-0.39, 0.29) is 18.1 Å². The summed E-state index contributed by atoms with van der Waals surface area (Å²) in [6, 6.07) is 5.01. The summed E-state index contributed by atoms with van der Waals surface area (Å²) >= 11 is 0. The van der Waals surface area contributed by atoms with E-state index < -0.39 is 11.6 Å². The van der Waals surface area contributed by atoms with Crippen molar-refractivity contribution in [2.75, 3.05) is 31.1 Å². The summed E-state index contributed by atoms with van der Waals surface area (Å²) in [5.41, 5.74) is 6.14. The molecule has 1 aromatic heterocycles. The molecule has 1 aliphatic heterocycles. The number of carbonyl (C=O) groups excluding carboxylic acids is 1. The second-order valence-electron chi connectivity index (χ2n) is 5.38. The van der Waals surface area contributed by atoms with Crippen LogP contribution in [0.3, 0.4) is 0 Å². The molecule has 122 valence electrons. The van der Waals surface area contributed by atoms with Crippen molar-refractivity contribution in [2.24, 2.45) is 5.73 Å². The zero-order chi connectivity index (χ0) is 16.4. The Kier molecular flexibility index (Phi) is 4.29. The summed E-state index contributed by atoms with van der Waals surface area (Å²) in [5, 5.41) is 0. The number of hydrogen-bond acceptors (Lipinski definition) is 4. The molecular weight excluding hydrogens is 304 g/mol. The predicted octanol–water partition coefficient (Wildman–Crippen LogP) is 1.98. The zero-order valence-corrected chi connectivity index (χ0v) is 12.5. The first-order valence-electron chi connectivity index (χ1n) is 7.35. The highest BCUT2D eigenvalue weighted by Crippen LogP contribution is 2.22. The predicted molar refractivity (Wildman–Crippen MR) is 81.1 cm³/mol. The van der Waals surface area contributed by atoms with E-state index in [1.165, 1.54) is 12.3 Å². The van der Waals surface area contributed by atoms with E-state index in [2.05, 4.69) is 0 Å². The van der Waals surface area contributed by atoms with E-state index in [0.717, 1.165) is 12.1 Å². The molecule has 1 fully saturated rings. The Hall–Kier alpha value is -2.41. The molecule has 0 saturated carbocycles. The van der Waals surface area contributed by atoms with Gasteiger partial charge in [0.25, 0.3) is 5.91 Å². The molecule has 0 spiro atoms. The Morgan fingerprint density at radius 3 is 2.57 bits per heavy atom. The summed E-state index contributed by atoms with van der Waals surface area (Å²) in [4.78, 5) is 15.8. The number of halogens is 2. The van der Waals surface area contributed by atoms with Crippen LogP contribution in [0, 0.1) is 11.6 Å². The summed E-state index contributed by atoms with van der Waals surface area (Å²) in [6.07, 6.45) is 1.39. The van der Waals surface area contributed by atoms with Gasteiger partial charge < -0.3 is 20.0 Å². The van der Waals surface area contributed by atoms with Crippen LogP contribution < -0.4 is 10.6 Å². The van der Waals surface area contributed by atoms with E-state index in [1.54, 1.807) is 15.9 Å². The monoisotopic (exact) mass is 321 g/mol. The van der Waals surface area contributed by atoms with E-state index in [4.69, 9.17) is 10.2 Å². The molecule has 1 amide bonds. The number of amides is 1. The van der Waals surface area contributed by atoms with Gasteiger partial charge >= 0.3 is 0 Å². The van der Waals surface area contributed by atoms with Crippen molar-refractivity contribution in [1.82, 2.24) is 4.90 Å². The van der Waals surface area contributed by atoms with Gasteiger partial charge in [0.1, 0.15) is 23.7 Å². The highest BCUT2D eigenvalue weighted by molar-refractivity contribution is 5.94. The van der Waals surface area contributed by atoms with Crippen LogP contribution in [0.2, 0.25) is 0 Å². The first-order valence-corrected chi connectivity index (χ1v) is 7.35. The quantitative estimate of drug-likeness (QED) is 0.939. The number of rotatable bonds is 3. The van der Waals surface area contributed by atoms with E-state index in [0.29, 0.717) is 37.5 Å². The molecule has 2 aromatic rings. The SMILES string of the molecule is NCc1cc(C(=O)N2CCN(c3cc(F)ccc3F)CC2)co1. The fourth-order valence-electron chi connectivity index (χ4n) is 2.66. The van der Waals surface area contributed by atoms with Crippen LogP contribution >= 0.6 is 0 Å². The van der Waals surface area contributed by atoms with Gasteiger partial charge in [-0.25, -0.2) is 8.78 Å². The Bertz CT molecular complexity index is 709. The molecule has 1 aliphatic rings. The minimum absolute atomic E-state index is 0.146. The van der Waals surface area contributed by atoms with E-state index in [1.807, 2.05) is 0 Å². The van der Waals surface area contributed by atoms with Crippen molar-refractivity contribution in [3.8, 4) is 0 Å². The van der Waals surface area contributed by atoms with Crippen LogP contribution in [0.4, 0.5) is 14.5 Å². The summed E-state index contributed by atoms with van der Waals surface area (Å²) < 4.78 is 32.3. The maximum absolute atomic E-state index is 13.8. The van der Waals surface area contributed by atoms with E-state index >= 15 is 0 Å². The van der Waals surface area contributed by atoms with Gasteiger partial charge in [-0.3, -0.25) is 4.79 Å². The second kappa shape index (κ2) is 6.37. The van der Waals surface area contributed by atoms with Crippen LogP contribution in [0.15, 0.2) is 34.9 Å². The Morgan fingerprint density at radius 2 is 1.91 bits per heavy atom. The third-order valence-electron chi connectivity index (χ3n) is 3.92. The minimum atomic E-state index is -0.479. The maximum atomic E-state index is 13.8. The van der Waals surface area contributed by atoms with Gasteiger partial charge in [0.05, 0.1) is 17.8 Å². The molecule has 3 rings (SSSR count). The normalized spacial score (nSPS) is 15.1. The summed E-state index contributed by atoms with van der Waals surface area (Å²) in [5.74, 6) is -0.539. The first kappa shape index (κ1) is 15.5. The summed E-state index contributed by atoms with van der Waals surface area (Å²) in [7, 11) is 0. The Labute approximate surface area is 132 Å². The fourth-order valence-corrected chi connectivity index (χ4v) is 2.66. The van der Waals surface area contributed by atoms with Gasteiger partial charge in [0.15, 0.2) is 0 Å². The van der Waals surface area contributed by atoms with Crippen LogP contribution in [0.25, 0.3) is 0 Å². The van der Waals surface area contributed by atoms with Gasteiger partial charge in [0, 0.05) is 32.2 Å². The zero-order valence-electron chi connectivity index (χ0n) is 12.5. The minimum Gasteiger partial charge on any atom is -0.467 e. The number of carbonyl (C=O) groups is 1. The lowest BCUT2D eigenvalue weighted by Crippen LogP contribution is -2.49. The van der Waals surface area contributed by atoms with Crippen molar-refractivity contribution >= 4 is 11.6 Å². The van der Waals surface area contributed by atoms with Crippen molar-refractivity contribution in [1.29, 1.82) is 0 Å². The third kappa shape index (κ3) is 3.19.